The summed E-state index contributed by atoms with van der Waals surface area (Å²) in [6.07, 6.45) is 0. The highest BCUT2D eigenvalue weighted by molar-refractivity contribution is 6.43. The number of aryl methyl sites for hydroxylation is 3. The smallest absolute Gasteiger partial charge is 0.314 e. The van der Waals surface area contributed by atoms with E-state index in [0.29, 0.717) is 5.69 Å². The summed E-state index contributed by atoms with van der Waals surface area (Å²) in [5.74, 6) is -1.69. The van der Waals surface area contributed by atoms with Crippen molar-refractivity contribution in [2.75, 3.05) is 10.6 Å². The lowest BCUT2D eigenvalue weighted by atomic mass is 10.1. The molecule has 0 heterocycles. The quantitative estimate of drug-likeness (QED) is 0.589. The minimum absolute atomic E-state index is 0.0757. The summed E-state index contributed by atoms with van der Waals surface area (Å²) >= 11 is 0. The van der Waals surface area contributed by atoms with E-state index in [2.05, 4.69) is 10.6 Å². The van der Waals surface area contributed by atoms with Crippen molar-refractivity contribution in [3.05, 3.63) is 53.1 Å². The Morgan fingerprint density at radius 3 is 2.09 bits per heavy atom. The predicted molar refractivity (Wildman–Crippen MR) is 86.0 cm³/mol. The fraction of sp³-hybridized carbons (Fsp3) is 0.176. The topological polar surface area (TPSA) is 78.4 Å². The molecule has 2 aromatic rings. The normalized spacial score (nSPS) is 10.1. The number of benzene rings is 2. The molecule has 0 radical (unpaired) electrons. The molecule has 3 N–H and O–H groups in total. The van der Waals surface area contributed by atoms with Gasteiger partial charge in [0.1, 0.15) is 5.75 Å². The van der Waals surface area contributed by atoms with Crippen LogP contribution in [0.2, 0.25) is 0 Å². The van der Waals surface area contributed by atoms with Gasteiger partial charge in [0.25, 0.3) is 0 Å². The van der Waals surface area contributed by atoms with Crippen LogP contribution in [0.4, 0.5) is 11.4 Å². The Balaban J connectivity index is 2.11. The van der Waals surface area contributed by atoms with Crippen molar-refractivity contribution >= 4 is 23.2 Å². The van der Waals surface area contributed by atoms with Gasteiger partial charge in [-0.3, -0.25) is 9.59 Å². The van der Waals surface area contributed by atoms with Gasteiger partial charge in [0.05, 0.1) is 5.69 Å². The third-order valence-corrected chi connectivity index (χ3v) is 3.33. The minimum atomic E-state index is -0.832. The van der Waals surface area contributed by atoms with E-state index in [9.17, 15) is 14.7 Å². The van der Waals surface area contributed by atoms with E-state index in [4.69, 9.17) is 0 Å². The Bertz CT molecular complexity index is 718. The molecule has 0 saturated carbocycles. The summed E-state index contributed by atoms with van der Waals surface area (Å²) < 4.78 is 0. The van der Waals surface area contributed by atoms with Gasteiger partial charge in [-0.2, -0.15) is 0 Å². The van der Waals surface area contributed by atoms with Gasteiger partial charge < -0.3 is 15.7 Å². The van der Waals surface area contributed by atoms with E-state index in [1.165, 1.54) is 6.07 Å². The molecule has 114 valence electrons. The largest absolute Gasteiger partial charge is 0.506 e. The molecule has 0 spiro atoms. The van der Waals surface area contributed by atoms with Gasteiger partial charge in [-0.05, 0) is 49.6 Å². The summed E-state index contributed by atoms with van der Waals surface area (Å²) in [7, 11) is 0. The lowest BCUT2D eigenvalue weighted by Gasteiger charge is -2.12. The first-order chi connectivity index (χ1) is 10.4. The van der Waals surface area contributed by atoms with Crippen molar-refractivity contribution in [2.45, 2.75) is 20.8 Å². The van der Waals surface area contributed by atoms with Crippen molar-refractivity contribution in [3.63, 3.8) is 0 Å². The zero-order valence-electron chi connectivity index (χ0n) is 12.7. The van der Waals surface area contributed by atoms with E-state index < -0.39 is 11.8 Å². The molecule has 0 unspecified atom stereocenters. The standard InChI is InChI=1S/C17H18N2O3/c1-10-7-8-13(14(20)9-10)18-16(21)17(22)19-15-11(2)5-4-6-12(15)3/h4-9,20H,1-3H3,(H,18,21)(H,19,22). The lowest BCUT2D eigenvalue weighted by Crippen LogP contribution is -2.29. The molecule has 0 fully saturated rings. The number of carbonyl (C=O) groups excluding carboxylic acids is 2. The number of hydrogen-bond acceptors (Lipinski definition) is 3. The van der Waals surface area contributed by atoms with Crippen LogP contribution in [0.25, 0.3) is 0 Å². The van der Waals surface area contributed by atoms with Crippen LogP contribution >= 0.6 is 0 Å². The molecule has 2 rings (SSSR count). The van der Waals surface area contributed by atoms with Crippen LogP contribution in [0.15, 0.2) is 36.4 Å². The van der Waals surface area contributed by atoms with Crippen molar-refractivity contribution < 1.29 is 14.7 Å². The third-order valence-electron chi connectivity index (χ3n) is 3.33. The zero-order chi connectivity index (χ0) is 16.3. The van der Waals surface area contributed by atoms with Crippen molar-refractivity contribution in [1.82, 2.24) is 0 Å². The molecule has 0 aliphatic rings. The van der Waals surface area contributed by atoms with E-state index in [0.717, 1.165) is 16.7 Å². The maximum absolute atomic E-state index is 12.0. The van der Waals surface area contributed by atoms with Crippen LogP contribution in [0, 0.1) is 20.8 Å². The van der Waals surface area contributed by atoms with Crippen LogP contribution in [0.3, 0.4) is 0 Å². The number of para-hydroxylation sites is 1. The highest BCUT2D eigenvalue weighted by Gasteiger charge is 2.17. The molecule has 0 saturated heterocycles. The maximum atomic E-state index is 12.0. The van der Waals surface area contributed by atoms with Gasteiger partial charge >= 0.3 is 11.8 Å². The average molecular weight is 298 g/mol. The average Bonchev–Trinajstić information content (AvgIpc) is 2.45. The first-order valence-corrected chi connectivity index (χ1v) is 6.86. The molecule has 0 atom stereocenters. The molecule has 22 heavy (non-hydrogen) atoms. The fourth-order valence-corrected chi connectivity index (χ4v) is 2.11. The Hall–Kier alpha value is -2.82. The molecule has 5 nitrogen and oxygen atoms in total. The highest BCUT2D eigenvalue weighted by Crippen LogP contribution is 2.24. The Labute approximate surface area is 129 Å². The molecular weight excluding hydrogens is 280 g/mol. The molecule has 2 amide bonds. The van der Waals surface area contributed by atoms with E-state index in [1.807, 2.05) is 39.0 Å². The Morgan fingerprint density at radius 1 is 0.909 bits per heavy atom. The summed E-state index contributed by atoms with van der Waals surface area (Å²) in [6.45, 7) is 5.53. The number of anilines is 2. The molecular formula is C17H18N2O3. The number of nitrogens with one attached hydrogen (secondary N) is 2. The van der Waals surface area contributed by atoms with Crippen LogP contribution in [-0.4, -0.2) is 16.9 Å². The van der Waals surface area contributed by atoms with E-state index in [-0.39, 0.29) is 11.4 Å². The first-order valence-electron chi connectivity index (χ1n) is 6.86. The number of phenolic OH excluding ortho intramolecular Hbond substituents is 1. The van der Waals surface area contributed by atoms with Crippen LogP contribution in [-0.2, 0) is 9.59 Å². The zero-order valence-corrected chi connectivity index (χ0v) is 12.7. The van der Waals surface area contributed by atoms with Gasteiger partial charge in [-0.25, -0.2) is 0 Å². The second-order valence-corrected chi connectivity index (χ2v) is 5.20. The molecule has 0 aromatic heterocycles. The van der Waals surface area contributed by atoms with Gasteiger partial charge in [0.2, 0.25) is 0 Å². The van der Waals surface area contributed by atoms with E-state index >= 15 is 0 Å². The summed E-state index contributed by atoms with van der Waals surface area (Å²) in [5, 5.41) is 14.7. The van der Waals surface area contributed by atoms with Crippen LogP contribution in [0.1, 0.15) is 16.7 Å². The van der Waals surface area contributed by atoms with Crippen molar-refractivity contribution in [1.29, 1.82) is 0 Å². The summed E-state index contributed by atoms with van der Waals surface area (Å²) in [4.78, 5) is 23.9. The molecule has 0 aliphatic carbocycles. The third kappa shape index (κ3) is 3.44. The monoisotopic (exact) mass is 298 g/mol. The van der Waals surface area contributed by atoms with Gasteiger partial charge in [-0.1, -0.05) is 24.3 Å². The maximum Gasteiger partial charge on any atom is 0.314 e. The Morgan fingerprint density at radius 2 is 1.50 bits per heavy atom. The molecule has 5 heteroatoms. The Kier molecular flexibility index (Phi) is 4.46. The second kappa shape index (κ2) is 6.30. The molecule has 0 bridgehead atoms. The number of phenols is 1. The van der Waals surface area contributed by atoms with Gasteiger partial charge in [0, 0.05) is 5.69 Å². The highest BCUT2D eigenvalue weighted by atomic mass is 16.3. The summed E-state index contributed by atoms with van der Waals surface area (Å²) in [6, 6.07) is 10.4. The first kappa shape index (κ1) is 15.6. The SMILES string of the molecule is Cc1ccc(NC(=O)C(=O)Nc2c(C)cccc2C)c(O)c1. The van der Waals surface area contributed by atoms with Crippen molar-refractivity contribution in [2.24, 2.45) is 0 Å². The van der Waals surface area contributed by atoms with Gasteiger partial charge in [-0.15, -0.1) is 0 Å². The molecule has 2 aromatic carbocycles. The number of hydrogen-bond donors (Lipinski definition) is 3. The van der Waals surface area contributed by atoms with E-state index in [1.54, 1.807) is 12.1 Å². The number of carbonyl (C=O) groups is 2. The minimum Gasteiger partial charge on any atom is -0.506 e. The van der Waals surface area contributed by atoms with Crippen molar-refractivity contribution in [3.8, 4) is 5.75 Å². The van der Waals surface area contributed by atoms with Gasteiger partial charge in [0.15, 0.2) is 0 Å². The van der Waals surface area contributed by atoms with Crippen LogP contribution < -0.4 is 10.6 Å². The lowest BCUT2D eigenvalue weighted by molar-refractivity contribution is -0.133. The fourth-order valence-electron chi connectivity index (χ4n) is 2.11. The summed E-state index contributed by atoms with van der Waals surface area (Å²) in [5.41, 5.74) is 3.43. The number of aromatic hydroxyl groups is 1. The second-order valence-electron chi connectivity index (χ2n) is 5.20. The predicted octanol–water partition coefficient (Wildman–Crippen LogP) is 2.89. The molecule has 0 aliphatic heterocycles. The number of rotatable bonds is 2. The number of amides is 2. The van der Waals surface area contributed by atoms with Crippen LogP contribution in [0.5, 0.6) is 5.75 Å².